The normalized spacial score (nSPS) is 11.2. The molecule has 0 unspecified atom stereocenters. The molecule has 4 aromatic heterocycles. The standard InChI is InChI=1S/C34H28O4S4/c1-3-17-37-33-23-7-10-26(28-14-16-32(42-28)30-12-6-22(20-36)40-30)34(38-18-4-2)24(23)8-9-25(33)27-13-15-31(41-27)29-11-5-21(19-35)39-29/h5-16,19-20H,3-4,17-18H2,1-2H3. The highest BCUT2D eigenvalue weighted by molar-refractivity contribution is 7.25. The first kappa shape index (κ1) is 28.6. The SMILES string of the molecule is CCCOc1c(-c2ccc(-c3ccc(C=O)s3)s2)ccc2c(OCCC)c(-c3ccc(-c4ccc(C=O)s4)s3)ccc12. The van der Waals surface area contributed by atoms with Crippen molar-refractivity contribution in [1.29, 1.82) is 0 Å². The van der Waals surface area contributed by atoms with Crippen molar-refractivity contribution in [1.82, 2.24) is 0 Å². The number of rotatable bonds is 12. The zero-order valence-electron chi connectivity index (χ0n) is 23.2. The van der Waals surface area contributed by atoms with Crippen LogP contribution in [-0.4, -0.2) is 25.8 Å². The lowest BCUT2D eigenvalue weighted by molar-refractivity contribution is 0.111. The van der Waals surface area contributed by atoms with Gasteiger partial charge in [-0.15, -0.1) is 45.3 Å². The van der Waals surface area contributed by atoms with Gasteiger partial charge in [0.1, 0.15) is 11.5 Å². The predicted molar refractivity (Wildman–Crippen MR) is 180 cm³/mol. The van der Waals surface area contributed by atoms with Crippen molar-refractivity contribution in [3.63, 3.8) is 0 Å². The molecule has 0 aliphatic heterocycles. The van der Waals surface area contributed by atoms with Crippen LogP contribution in [0.15, 0.2) is 72.8 Å². The van der Waals surface area contributed by atoms with Crippen molar-refractivity contribution in [3.8, 4) is 51.9 Å². The van der Waals surface area contributed by atoms with Crippen molar-refractivity contribution in [2.75, 3.05) is 13.2 Å². The zero-order chi connectivity index (χ0) is 29.1. The number of fused-ring (bicyclic) bond motifs is 1. The number of hydrogen-bond donors (Lipinski definition) is 0. The van der Waals surface area contributed by atoms with Crippen molar-refractivity contribution in [2.45, 2.75) is 26.7 Å². The number of hydrogen-bond acceptors (Lipinski definition) is 8. The Morgan fingerprint density at radius 3 is 1.26 bits per heavy atom. The van der Waals surface area contributed by atoms with Crippen LogP contribution in [0.2, 0.25) is 0 Å². The second kappa shape index (κ2) is 12.8. The van der Waals surface area contributed by atoms with E-state index in [0.29, 0.717) is 13.2 Å². The maximum Gasteiger partial charge on any atom is 0.160 e. The molecule has 6 rings (SSSR count). The van der Waals surface area contributed by atoms with Crippen LogP contribution >= 0.6 is 45.3 Å². The molecule has 0 aliphatic rings. The molecule has 0 N–H and O–H groups in total. The van der Waals surface area contributed by atoms with E-state index >= 15 is 0 Å². The summed E-state index contributed by atoms with van der Waals surface area (Å²) in [5.41, 5.74) is 2.10. The van der Waals surface area contributed by atoms with E-state index in [4.69, 9.17) is 9.47 Å². The monoisotopic (exact) mass is 628 g/mol. The molecule has 0 bridgehead atoms. The Labute approximate surface area is 260 Å². The molecule has 8 heteroatoms. The Balaban J connectivity index is 1.45. The van der Waals surface area contributed by atoms with E-state index in [2.05, 4.69) is 62.4 Å². The third kappa shape index (κ3) is 5.60. The second-order valence-corrected chi connectivity index (χ2v) is 14.0. The topological polar surface area (TPSA) is 52.6 Å². The van der Waals surface area contributed by atoms with Crippen molar-refractivity contribution in [2.24, 2.45) is 0 Å². The van der Waals surface area contributed by atoms with Gasteiger partial charge < -0.3 is 9.47 Å². The second-order valence-electron chi connectivity index (χ2n) is 9.64. The van der Waals surface area contributed by atoms with Crippen LogP contribution in [-0.2, 0) is 0 Å². The van der Waals surface area contributed by atoms with Crippen LogP contribution in [0.1, 0.15) is 46.0 Å². The van der Waals surface area contributed by atoms with Crippen LogP contribution in [0, 0.1) is 0 Å². The van der Waals surface area contributed by atoms with E-state index in [1.807, 2.05) is 24.3 Å². The minimum absolute atomic E-state index is 0.614. The fourth-order valence-corrected chi connectivity index (χ4v) is 8.67. The molecular weight excluding hydrogens is 601 g/mol. The molecule has 0 spiro atoms. The predicted octanol–water partition coefficient (Wildman–Crippen LogP) is 11.0. The highest BCUT2D eigenvalue weighted by atomic mass is 32.1. The molecule has 0 atom stereocenters. The summed E-state index contributed by atoms with van der Waals surface area (Å²) in [6.07, 6.45) is 3.60. The summed E-state index contributed by atoms with van der Waals surface area (Å²) in [4.78, 5) is 30.6. The van der Waals surface area contributed by atoms with E-state index in [1.54, 1.807) is 22.7 Å². The summed E-state index contributed by atoms with van der Waals surface area (Å²) in [5.74, 6) is 1.73. The van der Waals surface area contributed by atoms with Gasteiger partial charge in [-0.25, -0.2) is 0 Å². The summed E-state index contributed by atoms with van der Waals surface area (Å²) < 4.78 is 12.9. The molecule has 42 heavy (non-hydrogen) atoms. The fourth-order valence-electron chi connectivity index (χ4n) is 4.79. The Bertz CT molecular complexity index is 1730. The average Bonchev–Trinajstić information content (AvgIpc) is 3.84. The van der Waals surface area contributed by atoms with Crippen molar-refractivity contribution in [3.05, 3.63) is 82.6 Å². The summed E-state index contributed by atoms with van der Waals surface area (Å²) in [5, 5.41) is 2.05. The van der Waals surface area contributed by atoms with Gasteiger partial charge in [-0.2, -0.15) is 0 Å². The van der Waals surface area contributed by atoms with E-state index in [0.717, 1.165) is 97.8 Å². The van der Waals surface area contributed by atoms with E-state index in [-0.39, 0.29) is 0 Å². The Hall–Kier alpha value is -3.56. The van der Waals surface area contributed by atoms with Crippen LogP contribution in [0.3, 0.4) is 0 Å². The van der Waals surface area contributed by atoms with Gasteiger partial charge in [0.15, 0.2) is 12.6 Å². The summed E-state index contributed by atoms with van der Waals surface area (Å²) in [6, 6.07) is 24.8. The summed E-state index contributed by atoms with van der Waals surface area (Å²) >= 11 is 6.43. The molecular formula is C34H28O4S4. The fraction of sp³-hybridized carbons (Fsp3) is 0.176. The Kier molecular flexibility index (Phi) is 8.67. The lowest BCUT2D eigenvalue weighted by atomic mass is 9.99. The van der Waals surface area contributed by atoms with Gasteiger partial charge >= 0.3 is 0 Å². The zero-order valence-corrected chi connectivity index (χ0v) is 26.4. The molecule has 212 valence electrons. The van der Waals surface area contributed by atoms with E-state index < -0.39 is 0 Å². The molecule has 4 nitrogen and oxygen atoms in total. The maximum absolute atomic E-state index is 11.2. The number of benzene rings is 2. The highest BCUT2D eigenvalue weighted by Gasteiger charge is 2.20. The Morgan fingerprint density at radius 1 is 0.500 bits per heavy atom. The lowest BCUT2D eigenvalue weighted by Crippen LogP contribution is -2.01. The Morgan fingerprint density at radius 2 is 0.881 bits per heavy atom. The molecule has 6 aromatic rings. The van der Waals surface area contributed by atoms with Gasteiger partial charge in [0, 0.05) is 51.2 Å². The first-order valence-electron chi connectivity index (χ1n) is 13.8. The summed E-state index contributed by atoms with van der Waals surface area (Å²) in [6.45, 7) is 5.46. The lowest BCUT2D eigenvalue weighted by Gasteiger charge is -2.18. The van der Waals surface area contributed by atoms with Gasteiger partial charge in [0.25, 0.3) is 0 Å². The van der Waals surface area contributed by atoms with Crippen LogP contribution in [0.5, 0.6) is 11.5 Å². The molecule has 0 fully saturated rings. The van der Waals surface area contributed by atoms with E-state index in [1.165, 1.54) is 22.7 Å². The first-order chi connectivity index (χ1) is 20.6. The largest absolute Gasteiger partial charge is 0.492 e. The van der Waals surface area contributed by atoms with Crippen LogP contribution < -0.4 is 9.47 Å². The number of carbonyl (C=O) groups excluding carboxylic acids is 2. The molecule has 2 aromatic carbocycles. The minimum Gasteiger partial charge on any atom is -0.492 e. The summed E-state index contributed by atoms with van der Waals surface area (Å²) in [7, 11) is 0. The molecule has 0 radical (unpaired) electrons. The van der Waals surface area contributed by atoms with Crippen molar-refractivity contribution < 1.29 is 19.1 Å². The molecule has 0 amide bonds. The molecule has 4 heterocycles. The maximum atomic E-state index is 11.2. The highest BCUT2D eigenvalue weighted by Crippen LogP contribution is 2.48. The van der Waals surface area contributed by atoms with E-state index in [9.17, 15) is 9.59 Å². The van der Waals surface area contributed by atoms with Crippen molar-refractivity contribution >= 4 is 68.7 Å². The van der Waals surface area contributed by atoms with Gasteiger partial charge in [-0.05, 0) is 85.6 Å². The van der Waals surface area contributed by atoms with Gasteiger partial charge in [0.2, 0.25) is 0 Å². The molecule has 0 saturated heterocycles. The van der Waals surface area contributed by atoms with Gasteiger partial charge in [-0.1, -0.05) is 13.8 Å². The quantitative estimate of drug-likeness (QED) is 0.127. The third-order valence-electron chi connectivity index (χ3n) is 6.72. The minimum atomic E-state index is 0.614. The van der Waals surface area contributed by atoms with Gasteiger partial charge in [-0.3, -0.25) is 9.59 Å². The molecule has 0 aliphatic carbocycles. The number of ether oxygens (including phenoxy) is 2. The number of aldehydes is 2. The third-order valence-corrected chi connectivity index (χ3v) is 11.4. The van der Waals surface area contributed by atoms with Gasteiger partial charge in [0.05, 0.1) is 23.0 Å². The average molecular weight is 629 g/mol. The first-order valence-corrected chi connectivity index (χ1v) is 17.1. The molecule has 0 saturated carbocycles. The van der Waals surface area contributed by atoms with Crippen LogP contribution in [0.25, 0.3) is 51.2 Å². The number of thiophene rings is 4. The van der Waals surface area contributed by atoms with Crippen LogP contribution in [0.4, 0.5) is 0 Å². The smallest absolute Gasteiger partial charge is 0.160 e. The number of carbonyl (C=O) groups is 2.